The molecule has 2 unspecified atom stereocenters. The lowest BCUT2D eigenvalue weighted by Gasteiger charge is -2.37. The van der Waals surface area contributed by atoms with Crippen molar-refractivity contribution >= 4 is 11.9 Å². The maximum Gasteiger partial charge on any atom is 0.308 e. The lowest BCUT2D eigenvalue weighted by Crippen LogP contribution is -2.43. The fourth-order valence-electron chi connectivity index (χ4n) is 3.13. The highest BCUT2D eigenvalue weighted by Gasteiger charge is 2.39. The molecule has 1 aliphatic heterocycles. The Balaban J connectivity index is 2.50. The Bertz CT molecular complexity index is 521. The van der Waals surface area contributed by atoms with Gasteiger partial charge in [-0.25, -0.2) is 0 Å². The average Bonchev–Trinajstić information content (AvgIpc) is 2.58. The third kappa shape index (κ3) is 3.26. The topological polar surface area (TPSA) is 57.6 Å². The van der Waals surface area contributed by atoms with Gasteiger partial charge in [0, 0.05) is 12.5 Å². The molecule has 1 fully saturated rings. The maximum absolute atomic E-state index is 12.4. The van der Waals surface area contributed by atoms with Gasteiger partial charge in [-0.3, -0.25) is 9.59 Å². The second-order valence-corrected chi connectivity index (χ2v) is 6.09. The molecule has 4 nitrogen and oxygen atoms in total. The van der Waals surface area contributed by atoms with Crippen molar-refractivity contribution in [2.45, 2.75) is 52.1 Å². The summed E-state index contributed by atoms with van der Waals surface area (Å²) in [5.41, 5.74) is 2.04. The van der Waals surface area contributed by atoms with Crippen LogP contribution in [0.4, 0.5) is 0 Å². The van der Waals surface area contributed by atoms with Crippen LogP contribution in [0, 0.1) is 12.8 Å². The molecule has 1 aromatic carbocycles. The second kappa shape index (κ2) is 6.29. The van der Waals surface area contributed by atoms with E-state index in [0.29, 0.717) is 19.3 Å². The molecule has 1 saturated heterocycles. The Kier molecular flexibility index (Phi) is 4.66. The van der Waals surface area contributed by atoms with E-state index in [4.69, 9.17) is 0 Å². The van der Waals surface area contributed by atoms with Crippen LogP contribution in [0.5, 0.6) is 0 Å². The number of rotatable bonds is 3. The number of carbonyl (C=O) groups is 2. The minimum atomic E-state index is -0.819. The Morgan fingerprint density at radius 3 is 2.43 bits per heavy atom. The molecule has 1 amide bonds. The first-order valence-electron chi connectivity index (χ1n) is 7.52. The molecule has 1 aromatic rings. The molecule has 1 aliphatic rings. The molecule has 0 aliphatic carbocycles. The van der Waals surface area contributed by atoms with Crippen LogP contribution in [0.15, 0.2) is 24.3 Å². The van der Waals surface area contributed by atoms with Crippen molar-refractivity contribution in [2.24, 2.45) is 5.92 Å². The molecule has 0 bridgehead atoms. The van der Waals surface area contributed by atoms with Gasteiger partial charge < -0.3 is 10.0 Å². The first-order valence-corrected chi connectivity index (χ1v) is 7.52. The monoisotopic (exact) mass is 289 g/mol. The van der Waals surface area contributed by atoms with Crippen LogP contribution >= 0.6 is 0 Å². The summed E-state index contributed by atoms with van der Waals surface area (Å²) in [7, 11) is 0. The highest BCUT2D eigenvalue weighted by atomic mass is 16.4. The standard InChI is InChI=1S/C17H23NO3/c1-11(2)18-15(19)6-4-5-14(17(20)21)16(18)13-9-7-12(3)8-10-13/h7-11,14,16H,4-6H2,1-3H3,(H,20,21). The Morgan fingerprint density at radius 1 is 1.29 bits per heavy atom. The van der Waals surface area contributed by atoms with Crippen molar-refractivity contribution in [1.29, 1.82) is 0 Å². The molecule has 1 N–H and O–H groups in total. The van der Waals surface area contributed by atoms with Crippen LogP contribution in [-0.4, -0.2) is 27.9 Å². The van der Waals surface area contributed by atoms with Crippen LogP contribution in [0.2, 0.25) is 0 Å². The molecular weight excluding hydrogens is 266 g/mol. The number of benzene rings is 1. The number of aliphatic carboxylic acids is 1. The minimum Gasteiger partial charge on any atom is -0.481 e. The maximum atomic E-state index is 12.4. The van der Waals surface area contributed by atoms with Gasteiger partial charge >= 0.3 is 5.97 Å². The van der Waals surface area contributed by atoms with E-state index < -0.39 is 11.9 Å². The van der Waals surface area contributed by atoms with Crippen LogP contribution < -0.4 is 0 Å². The Labute approximate surface area is 125 Å². The predicted octanol–water partition coefficient (Wildman–Crippen LogP) is 3.16. The molecule has 2 rings (SSSR count). The molecule has 0 spiro atoms. The fraction of sp³-hybridized carbons (Fsp3) is 0.529. The second-order valence-electron chi connectivity index (χ2n) is 6.09. The lowest BCUT2D eigenvalue weighted by atomic mass is 9.88. The molecule has 114 valence electrons. The van der Waals surface area contributed by atoms with Crippen molar-refractivity contribution in [3.8, 4) is 0 Å². The van der Waals surface area contributed by atoms with E-state index >= 15 is 0 Å². The summed E-state index contributed by atoms with van der Waals surface area (Å²) >= 11 is 0. The summed E-state index contributed by atoms with van der Waals surface area (Å²) < 4.78 is 0. The highest BCUT2D eigenvalue weighted by Crippen LogP contribution is 2.37. The average molecular weight is 289 g/mol. The fourth-order valence-corrected chi connectivity index (χ4v) is 3.13. The number of hydrogen-bond donors (Lipinski definition) is 1. The first kappa shape index (κ1) is 15.5. The summed E-state index contributed by atoms with van der Waals surface area (Å²) in [6.07, 6.45) is 1.62. The van der Waals surface area contributed by atoms with Gasteiger partial charge in [0.2, 0.25) is 5.91 Å². The molecular formula is C17H23NO3. The van der Waals surface area contributed by atoms with Gasteiger partial charge in [0.1, 0.15) is 0 Å². The zero-order valence-electron chi connectivity index (χ0n) is 12.9. The first-order chi connectivity index (χ1) is 9.91. The SMILES string of the molecule is Cc1ccc(C2C(C(=O)O)CCCC(=O)N2C(C)C)cc1. The van der Waals surface area contributed by atoms with Gasteiger partial charge in [0.15, 0.2) is 0 Å². The minimum absolute atomic E-state index is 0.0104. The third-order valence-corrected chi connectivity index (χ3v) is 4.17. The molecule has 0 aromatic heterocycles. The van der Waals surface area contributed by atoms with E-state index in [9.17, 15) is 14.7 Å². The third-order valence-electron chi connectivity index (χ3n) is 4.17. The molecule has 2 atom stereocenters. The Morgan fingerprint density at radius 2 is 1.90 bits per heavy atom. The van der Waals surface area contributed by atoms with E-state index in [0.717, 1.165) is 11.1 Å². The van der Waals surface area contributed by atoms with Crippen molar-refractivity contribution in [3.63, 3.8) is 0 Å². The van der Waals surface area contributed by atoms with Gasteiger partial charge in [0.25, 0.3) is 0 Å². The molecule has 0 radical (unpaired) electrons. The van der Waals surface area contributed by atoms with Crippen LogP contribution in [0.1, 0.15) is 50.3 Å². The van der Waals surface area contributed by atoms with Crippen molar-refractivity contribution in [2.75, 3.05) is 0 Å². The van der Waals surface area contributed by atoms with E-state index in [1.165, 1.54) is 0 Å². The number of nitrogens with zero attached hydrogens (tertiary/aromatic N) is 1. The number of carbonyl (C=O) groups excluding carboxylic acids is 1. The highest BCUT2D eigenvalue weighted by molar-refractivity contribution is 5.80. The van der Waals surface area contributed by atoms with E-state index in [1.54, 1.807) is 4.90 Å². The van der Waals surface area contributed by atoms with Crippen LogP contribution in [0.3, 0.4) is 0 Å². The number of amides is 1. The van der Waals surface area contributed by atoms with Crippen molar-refractivity contribution in [1.82, 2.24) is 4.90 Å². The smallest absolute Gasteiger partial charge is 0.308 e. The summed E-state index contributed by atoms with van der Waals surface area (Å²) in [6.45, 7) is 5.89. The Hall–Kier alpha value is -1.84. The van der Waals surface area contributed by atoms with E-state index in [2.05, 4.69) is 0 Å². The van der Waals surface area contributed by atoms with Gasteiger partial charge in [0.05, 0.1) is 12.0 Å². The summed E-state index contributed by atoms with van der Waals surface area (Å²) in [4.78, 5) is 25.9. The van der Waals surface area contributed by atoms with Crippen LogP contribution in [0.25, 0.3) is 0 Å². The van der Waals surface area contributed by atoms with Crippen LogP contribution in [-0.2, 0) is 9.59 Å². The van der Waals surface area contributed by atoms with Gasteiger partial charge in [-0.1, -0.05) is 29.8 Å². The quantitative estimate of drug-likeness (QED) is 0.930. The van der Waals surface area contributed by atoms with E-state index in [-0.39, 0.29) is 18.0 Å². The summed E-state index contributed by atoms with van der Waals surface area (Å²) in [5, 5.41) is 9.60. The number of carboxylic acid groups (broad SMARTS) is 1. The van der Waals surface area contributed by atoms with Gasteiger partial charge in [-0.15, -0.1) is 0 Å². The van der Waals surface area contributed by atoms with Crippen molar-refractivity contribution < 1.29 is 14.7 Å². The predicted molar refractivity (Wildman–Crippen MR) is 80.9 cm³/mol. The van der Waals surface area contributed by atoms with Gasteiger partial charge in [-0.05, 0) is 39.2 Å². The normalized spacial score (nSPS) is 23.2. The largest absolute Gasteiger partial charge is 0.481 e. The molecule has 1 heterocycles. The number of likely N-dealkylation sites (tertiary alicyclic amines) is 1. The molecule has 21 heavy (non-hydrogen) atoms. The number of carboxylic acids is 1. The number of hydrogen-bond acceptors (Lipinski definition) is 2. The lowest BCUT2D eigenvalue weighted by molar-refractivity contribution is -0.147. The van der Waals surface area contributed by atoms with Crippen molar-refractivity contribution in [3.05, 3.63) is 35.4 Å². The molecule has 0 saturated carbocycles. The summed E-state index contributed by atoms with van der Waals surface area (Å²) in [6, 6.07) is 7.46. The number of aryl methyl sites for hydroxylation is 1. The summed E-state index contributed by atoms with van der Waals surface area (Å²) in [5.74, 6) is -1.30. The van der Waals surface area contributed by atoms with E-state index in [1.807, 2.05) is 45.0 Å². The van der Waals surface area contributed by atoms with Gasteiger partial charge in [-0.2, -0.15) is 0 Å². The zero-order chi connectivity index (χ0) is 15.6. The molecule has 4 heteroatoms. The zero-order valence-corrected chi connectivity index (χ0v) is 12.9.